The Kier molecular flexibility index (Phi) is 8.03. The van der Waals surface area contributed by atoms with Gasteiger partial charge in [0.05, 0.1) is 0 Å². The van der Waals surface area contributed by atoms with Crippen LogP contribution in [-0.2, 0) is 9.53 Å². The number of carbonyl (C=O) groups excluding carboxylic acids is 1. The van der Waals surface area contributed by atoms with Gasteiger partial charge in [-0.1, -0.05) is 6.58 Å². The number of ether oxygens (including phenoxy) is 1. The second kappa shape index (κ2) is 8.56. The van der Waals surface area contributed by atoms with Gasteiger partial charge in [-0.15, -0.1) is 0 Å². The molecule has 0 fully saturated rings. The monoisotopic (exact) mass is 378 g/mol. The Hall–Kier alpha value is -1.49. The predicted octanol–water partition coefficient (Wildman–Crippen LogP) is 3.99. The number of hydrogen-bond donors (Lipinski definition) is 0. The van der Waals surface area contributed by atoms with Gasteiger partial charge in [-0.2, -0.15) is 13.2 Å². The summed E-state index contributed by atoms with van der Waals surface area (Å²) in [4.78, 5) is 10.8. The molecule has 24 heavy (non-hydrogen) atoms. The molecule has 0 spiro atoms. The highest BCUT2D eigenvalue weighted by atomic mass is 19.3. The van der Waals surface area contributed by atoms with Crippen LogP contribution in [0.15, 0.2) is 12.2 Å². The van der Waals surface area contributed by atoms with Crippen LogP contribution in [0, 0.1) is 0 Å². The van der Waals surface area contributed by atoms with Crippen molar-refractivity contribution in [2.24, 2.45) is 0 Å². The molecule has 0 amide bonds. The number of carbonyl (C=O) groups is 1. The van der Waals surface area contributed by atoms with E-state index in [2.05, 4.69) is 11.3 Å². The predicted molar refractivity (Wildman–Crippen MR) is 61.2 cm³/mol. The van der Waals surface area contributed by atoms with Gasteiger partial charge >= 0.3 is 18.2 Å². The second-order valence-electron chi connectivity index (χ2n) is 4.69. The lowest BCUT2D eigenvalue weighted by atomic mass is 10.0. The summed E-state index contributed by atoms with van der Waals surface area (Å²) in [6.07, 6.45) is -28.9. The highest BCUT2D eigenvalue weighted by Gasteiger charge is 2.58. The molecule has 12 heteroatoms. The van der Waals surface area contributed by atoms with Gasteiger partial charge in [0.1, 0.15) is 0 Å². The molecule has 0 aromatic heterocycles. The van der Waals surface area contributed by atoms with E-state index in [4.69, 9.17) is 0 Å². The van der Waals surface area contributed by atoms with Crippen LogP contribution in [-0.4, -0.2) is 55.5 Å². The Morgan fingerprint density at radius 2 is 1.29 bits per heavy atom. The molecule has 6 unspecified atom stereocenters. The maximum atomic E-state index is 13.3. The molecular formula is C12H12F10O2. The summed E-state index contributed by atoms with van der Waals surface area (Å²) in [6.45, 7) is 3.78. The summed E-state index contributed by atoms with van der Waals surface area (Å²) < 4.78 is 132. The van der Waals surface area contributed by atoms with E-state index >= 15 is 0 Å². The zero-order chi connectivity index (χ0) is 19.4. The first-order valence-corrected chi connectivity index (χ1v) is 6.12. The fraction of sp³-hybridized carbons (Fsp3) is 0.750. The molecule has 0 rings (SSSR count). The largest absolute Gasteiger partial charge is 0.421 e. The van der Waals surface area contributed by atoms with Crippen LogP contribution in [0.25, 0.3) is 0 Å². The van der Waals surface area contributed by atoms with E-state index in [9.17, 15) is 48.7 Å². The number of halogens is 10. The van der Waals surface area contributed by atoms with Crippen molar-refractivity contribution in [3.05, 3.63) is 12.2 Å². The number of rotatable bonds is 9. The maximum Gasteiger partial charge on any atom is 0.346 e. The average molecular weight is 378 g/mol. The van der Waals surface area contributed by atoms with Gasteiger partial charge < -0.3 is 4.74 Å². The molecule has 6 atom stereocenters. The summed E-state index contributed by atoms with van der Waals surface area (Å²) in [6, 6.07) is 0. The van der Waals surface area contributed by atoms with E-state index < -0.39 is 61.1 Å². The highest BCUT2D eigenvalue weighted by molar-refractivity contribution is 5.87. The molecule has 142 valence electrons. The minimum Gasteiger partial charge on any atom is -0.421 e. The minimum absolute atomic E-state index is 0.593. The van der Waals surface area contributed by atoms with Crippen molar-refractivity contribution in [1.29, 1.82) is 0 Å². The Bertz CT molecular complexity index is 444. The molecule has 0 saturated carbocycles. The Morgan fingerprint density at radius 3 is 1.67 bits per heavy atom. The van der Waals surface area contributed by atoms with Crippen LogP contribution >= 0.6 is 0 Å². The number of esters is 1. The van der Waals surface area contributed by atoms with Gasteiger partial charge in [-0.25, -0.2) is 35.5 Å². The molecule has 0 aromatic rings. The topological polar surface area (TPSA) is 26.3 Å². The smallest absolute Gasteiger partial charge is 0.346 e. The van der Waals surface area contributed by atoms with Crippen LogP contribution in [0.3, 0.4) is 0 Å². The third-order valence-electron chi connectivity index (χ3n) is 2.66. The molecular weight excluding hydrogens is 366 g/mol. The zero-order valence-electron chi connectivity index (χ0n) is 11.8. The lowest BCUT2D eigenvalue weighted by Gasteiger charge is -2.28. The SMILES string of the molecule is C=C(C)C(=O)OC(F)C(F)(F)C(F)C(F)C(F)C(F)C(F)C(F)F. The Labute approximate surface area is 129 Å². The van der Waals surface area contributed by atoms with Crippen molar-refractivity contribution >= 4 is 5.97 Å². The van der Waals surface area contributed by atoms with Crippen molar-refractivity contribution in [3.63, 3.8) is 0 Å². The minimum atomic E-state index is -5.51. The van der Waals surface area contributed by atoms with Crippen LogP contribution in [0.4, 0.5) is 43.9 Å². The normalized spacial score (nSPS) is 20.0. The van der Waals surface area contributed by atoms with E-state index in [1.165, 1.54) is 0 Å². The van der Waals surface area contributed by atoms with Crippen molar-refractivity contribution in [3.8, 4) is 0 Å². The van der Waals surface area contributed by atoms with Crippen molar-refractivity contribution < 1.29 is 53.4 Å². The molecule has 0 N–H and O–H groups in total. The molecule has 0 aliphatic rings. The summed E-state index contributed by atoms with van der Waals surface area (Å²) in [5.41, 5.74) is -0.593. The molecule has 0 aromatic carbocycles. The Balaban J connectivity index is 5.11. The molecule has 0 aliphatic heterocycles. The molecule has 0 heterocycles. The van der Waals surface area contributed by atoms with E-state index in [1.54, 1.807) is 0 Å². The first-order chi connectivity index (χ1) is 10.7. The second-order valence-corrected chi connectivity index (χ2v) is 4.69. The van der Waals surface area contributed by atoms with Gasteiger partial charge in [0, 0.05) is 5.57 Å². The lowest BCUT2D eigenvalue weighted by molar-refractivity contribution is -0.233. The summed E-state index contributed by atoms with van der Waals surface area (Å²) >= 11 is 0. The van der Waals surface area contributed by atoms with Crippen molar-refractivity contribution in [1.82, 2.24) is 0 Å². The third kappa shape index (κ3) is 5.26. The third-order valence-corrected chi connectivity index (χ3v) is 2.66. The molecule has 0 saturated heterocycles. The summed E-state index contributed by atoms with van der Waals surface area (Å²) in [7, 11) is 0. The molecule has 0 radical (unpaired) electrons. The van der Waals surface area contributed by atoms with E-state index in [1.807, 2.05) is 0 Å². The van der Waals surface area contributed by atoms with Gasteiger partial charge in [-0.05, 0) is 6.92 Å². The quantitative estimate of drug-likeness (QED) is 0.345. The fourth-order valence-corrected chi connectivity index (χ4v) is 1.26. The van der Waals surface area contributed by atoms with E-state index in [0.717, 1.165) is 6.92 Å². The van der Waals surface area contributed by atoms with Gasteiger partial charge in [0.15, 0.2) is 24.7 Å². The lowest BCUT2D eigenvalue weighted by Crippen LogP contribution is -2.52. The van der Waals surface area contributed by atoms with Crippen LogP contribution in [0.5, 0.6) is 0 Å². The molecule has 0 aliphatic carbocycles. The van der Waals surface area contributed by atoms with Crippen LogP contribution in [0.1, 0.15) is 6.92 Å². The average Bonchev–Trinajstić information content (AvgIpc) is 2.50. The molecule has 2 nitrogen and oxygen atoms in total. The highest BCUT2D eigenvalue weighted by Crippen LogP contribution is 2.35. The fourth-order valence-electron chi connectivity index (χ4n) is 1.26. The maximum absolute atomic E-state index is 13.3. The van der Waals surface area contributed by atoms with E-state index in [0.29, 0.717) is 0 Å². The first-order valence-electron chi connectivity index (χ1n) is 6.12. The number of alkyl halides is 10. The van der Waals surface area contributed by atoms with E-state index in [-0.39, 0.29) is 0 Å². The molecule has 0 bridgehead atoms. The van der Waals surface area contributed by atoms with Gasteiger partial charge in [0.2, 0.25) is 6.17 Å². The summed E-state index contributed by atoms with van der Waals surface area (Å²) in [5.74, 6) is -7.27. The van der Waals surface area contributed by atoms with Crippen LogP contribution in [0.2, 0.25) is 0 Å². The first kappa shape index (κ1) is 22.5. The Morgan fingerprint density at radius 1 is 0.875 bits per heavy atom. The summed E-state index contributed by atoms with van der Waals surface area (Å²) in [5, 5.41) is 0. The van der Waals surface area contributed by atoms with Gasteiger partial charge in [0.25, 0.3) is 6.43 Å². The van der Waals surface area contributed by atoms with Crippen molar-refractivity contribution in [2.45, 2.75) is 56.5 Å². The van der Waals surface area contributed by atoms with Gasteiger partial charge in [-0.3, -0.25) is 0 Å². The zero-order valence-corrected chi connectivity index (χ0v) is 11.8. The van der Waals surface area contributed by atoms with Crippen LogP contribution < -0.4 is 0 Å². The van der Waals surface area contributed by atoms with Crippen molar-refractivity contribution in [2.75, 3.05) is 0 Å². The number of hydrogen-bond acceptors (Lipinski definition) is 2. The standard InChI is InChI=1S/C12H12F10O2/c1-3(2)10(23)24-11(20)12(21,22)8(17)6(15)4(13)5(14)7(16)9(18)19/h4-9,11H,1H2,2H3.